The summed E-state index contributed by atoms with van der Waals surface area (Å²) >= 11 is 0. The molecular weight excluding hydrogens is 234 g/mol. The van der Waals surface area contributed by atoms with Gasteiger partial charge in [-0.05, 0) is 43.9 Å². The van der Waals surface area contributed by atoms with Crippen molar-refractivity contribution in [1.82, 2.24) is 10.3 Å². The van der Waals surface area contributed by atoms with Gasteiger partial charge in [0.2, 0.25) is 0 Å². The van der Waals surface area contributed by atoms with Crippen molar-refractivity contribution < 1.29 is 0 Å². The zero-order valence-electron chi connectivity index (χ0n) is 12.4. The highest BCUT2D eigenvalue weighted by Gasteiger charge is 2.17. The average Bonchev–Trinajstić information content (AvgIpc) is 2.66. The Morgan fingerprint density at radius 1 is 1.32 bits per heavy atom. The molecule has 19 heavy (non-hydrogen) atoms. The van der Waals surface area contributed by atoms with Crippen LogP contribution in [0.2, 0.25) is 0 Å². The first kappa shape index (κ1) is 14.3. The summed E-state index contributed by atoms with van der Waals surface area (Å²) in [5, 5.41) is 3.16. The van der Waals surface area contributed by atoms with Crippen LogP contribution in [0.15, 0.2) is 18.3 Å². The molecule has 2 rings (SSSR count). The number of rotatable bonds is 5. The Bertz CT molecular complexity index is 361. The van der Waals surface area contributed by atoms with E-state index in [9.17, 15) is 0 Å². The molecular formula is C16H27N3. The van der Waals surface area contributed by atoms with Gasteiger partial charge in [0, 0.05) is 25.8 Å². The monoisotopic (exact) mass is 261 g/mol. The van der Waals surface area contributed by atoms with Gasteiger partial charge < -0.3 is 10.2 Å². The van der Waals surface area contributed by atoms with E-state index in [2.05, 4.69) is 34.3 Å². The Kier molecular flexibility index (Phi) is 5.64. The quantitative estimate of drug-likeness (QED) is 0.882. The number of nitrogens with zero attached hydrogens (tertiary/aromatic N) is 2. The molecule has 0 aromatic carbocycles. The molecule has 1 fully saturated rings. The second kappa shape index (κ2) is 7.49. The molecule has 1 saturated heterocycles. The zero-order chi connectivity index (χ0) is 13.5. The summed E-state index contributed by atoms with van der Waals surface area (Å²) in [4.78, 5) is 7.08. The normalized spacial score (nSPS) is 20.3. The molecule has 1 aliphatic rings. The van der Waals surface area contributed by atoms with Crippen LogP contribution in [0.4, 0.5) is 5.82 Å². The Hall–Kier alpha value is -1.09. The molecule has 106 valence electrons. The molecule has 3 nitrogen and oxygen atoms in total. The summed E-state index contributed by atoms with van der Waals surface area (Å²) in [6, 6.07) is 4.36. The first-order valence-electron chi connectivity index (χ1n) is 7.68. The molecule has 3 heteroatoms. The van der Waals surface area contributed by atoms with Crippen LogP contribution in [0, 0.1) is 5.92 Å². The summed E-state index contributed by atoms with van der Waals surface area (Å²) in [6.07, 6.45) is 8.74. The third-order valence-electron chi connectivity index (χ3n) is 4.06. The minimum absolute atomic E-state index is 0.895. The molecule has 1 aliphatic heterocycles. The van der Waals surface area contributed by atoms with Crippen LogP contribution in [-0.2, 0) is 6.54 Å². The van der Waals surface area contributed by atoms with Crippen molar-refractivity contribution >= 4 is 5.82 Å². The van der Waals surface area contributed by atoms with Gasteiger partial charge in [0.25, 0.3) is 0 Å². The zero-order valence-corrected chi connectivity index (χ0v) is 12.4. The van der Waals surface area contributed by atoms with Crippen molar-refractivity contribution in [3.05, 3.63) is 23.9 Å². The van der Waals surface area contributed by atoms with Gasteiger partial charge in [0.05, 0.1) is 0 Å². The maximum Gasteiger partial charge on any atom is 0.128 e. The molecule has 1 unspecified atom stereocenters. The standard InChI is InChI=1S/C16H27N3/c1-3-5-14-6-4-10-19(11-9-14)16-8-7-15(12-17-2)13-18-16/h7-8,13-14,17H,3-6,9-12H2,1-2H3. The lowest BCUT2D eigenvalue weighted by atomic mass is 9.96. The van der Waals surface area contributed by atoms with Crippen molar-refractivity contribution in [2.24, 2.45) is 5.92 Å². The summed E-state index contributed by atoms with van der Waals surface area (Å²) in [6.45, 7) is 5.53. The van der Waals surface area contributed by atoms with Crippen LogP contribution >= 0.6 is 0 Å². The number of hydrogen-bond acceptors (Lipinski definition) is 3. The summed E-state index contributed by atoms with van der Waals surface area (Å²) in [5.74, 6) is 2.08. The molecule has 0 spiro atoms. The molecule has 1 atom stereocenters. The maximum absolute atomic E-state index is 4.62. The number of hydrogen-bond donors (Lipinski definition) is 1. The highest BCUT2D eigenvalue weighted by Crippen LogP contribution is 2.24. The fourth-order valence-electron chi connectivity index (χ4n) is 3.00. The van der Waals surface area contributed by atoms with E-state index in [0.29, 0.717) is 0 Å². The van der Waals surface area contributed by atoms with Crippen LogP contribution in [0.3, 0.4) is 0 Å². The largest absolute Gasteiger partial charge is 0.357 e. The van der Waals surface area contributed by atoms with E-state index in [-0.39, 0.29) is 0 Å². The lowest BCUT2D eigenvalue weighted by Gasteiger charge is -2.21. The van der Waals surface area contributed by atoms with Crippen molar-refractivity contribution in [3.8, 4) is 0 Å². The molecule has 1 aromatic rings. The second-order valence-corrected chi connectivity index (χ2v) is 5.63. The van der Waals surface area contributed by atoms with Crippen LogP contribution in [0.1, 0.15) is 44.6 Å². The Balaban J connectivity index is 1.93. The van der Waals surface area contributed by atoms with E-state index in [1.165, 1.54) is 50.8 Å². The summed E-state index contributed by atoms with van der Waals surface area (Å²) in [5.41, 5.74) is 1.25. The van der Waals surface area contributed by atoms with Gasteiger partial charge in [-0.3, -0.25) is 0 Å². The third kappa shape index (κ3) is 4.20. The first-order chi connectivity index (χ1) is 9.33. The predicted molar refractivity (Wildman–Crippen MR) is 81.5 cm³/mol. The third-order valence-corrected chi connectivity index (χ3v) is 4.06. The maximum atomic E-state index is 4.62. The van der Waals surface area contributed by atoms with Crippen molar-refractivity contribution in [3.63, 3.8) is 0 Å². The van der Waals surface area contributed by atoms with E-state index < -0.39 is 0 Å². The molecule has 1 aromatic heterocycles. The van der Waals surface area contributed by atoms with E-state index in [0.717, 1.165) is 18.3 Å². The number of pyridine rings is 1. The smallest absolute Gasteiger partial charge is 0.128 e. The van der Waals surface area contributed by atoms with Gasteiger partial charge in [-0.1, -0.05) is 25.8 Å². The Morgan fingerprint density at radius 3 is 2.89 bits per heavy atom. The van der Waals surface area contributed by atoms with E-state index in [4.69, 9.17) is 0 Å². The van der Waals surface area contributed by atoms with Crippen LogP contribution < -0.4 is 10.2 Å². The van der Waals surface area contributed by atoms with Crippen molar-refractivity contribution in [2.75, 3.05) is 25.0 Å². The molecule has 0 aliphatic carbocycles. The first-order valence-corrected chi connectivity index (χ1v) is 7.68. The van der Waals surface area contributed by atoms with Gasteiger partial charge in [0.15, 0.2) is 0 Å². The number of aromatic nitrogens is 1. The van der Waals surface area contributed by atoms with Crippen LogP contribution in [0.25, 0.3) is 0 Å². The molecule has 1 N–H and O–H groups in total. The fourth-order valence-corrected chi connectivity index (χ4v) is 3.00. The van der Waals surface area contributed by atoms with E-state index in [1.807, 2.05) is 13.2 Å². The molecule has 0 bridgehead atoms. The molecule has 0 radical (unpaired) electrons. The molecule has 0 amide bonds. The van der Waals surface area contributed by atoms with Crippen LogP contribution in [0.5, 0.6) is 0 Å². The lowest BCUT2D eigenvalue weighted by Crippen LogP contribution is -2.25. The Labute approximate surface area is 117 Å². The number of nitrogens with one attached hydrogen (secondary N) is 1. The Morgan fingerprint density at radius 2 is 2.21 bits per heavy atom. The summed E-state index contributed by atoms with van der Waals surface area (Å²) in [7, 11) is 1.97. The lowest BCUT2D eigenvalue weighted by molar-refractivity contribution is 0.435. The number of anilines is 1. The summed E-state index contributed by atoms with van der Waals surface area (Å²) < 4.78 is 0. The predicted octanol–water partition coefficient (Wildman–Crippen LogP) is 3.21. The minimum Gasteiger partial charge on any atom is -0.357 e. The van der Waals surface area contributed by atoms with E-state index in [1.54, 1.807) is 0 Å². The van der Waals surface area contributed by atoms with Crippen LogP contribution in [-0.4, -0.2) is 25.1 Å². The highest BCUT2D eigenvalue weighted by atomic mass is 15.2. The van der Waals surface area contributed by atoms with Gasteiger partial charge in [0.1, 0.15) is 5.82 Å². The van der Waals surface area contributed by atoms with Crippen molar-refractivity contribution in [1.29, 1.82) is 0 Å². The van der Waals surface area contributed by atoms with Gasteiger partial charge in [-0.2, -0.15) is 0 Å². The van der Waals surface area contributed by atoms with Crippen molar-refractivity contribution in [2.45, 2.75) is 45.6 Å². The fraction of sp³-hybridized carbons (Fsp3) is 0.688. The second-order valence-electron chi connectivity index (χ2n) is 5.63. The topological polar surface area (TPSA) is 28.2 Å². The SMILES string of the molecule is CCCC1CCCN(c2ccc(CNC)cn2)CC1. The van der Waals surface area contributed by atoms with Gasteiger partial charge in [-0.25, -0.2) is 4.98 Å². The van der Waals surface area contributed by atoms with E-state index >= 15 is 0 Å². The van der Waals surface area contributed by atoms with Gasteiger partial charge >= 0.3 is 0 Å². The van der Waals surface area contributed by atoms with Gasteiger partial charge in [-0.15, -0.1) is 0 Å². The molecule has 0 saturated carbocycles. The highest BCUT2D eigenvalue weighted by molar-refractivity contribution is 5.39. The average molecular weight is 261 g/mol. The minimum atomic E-state index is 0.895. The molecule has 2 heterocycles.